The van der Waals surface area contributed by atoms with Gasteiger partial charge in [0.05, 0.1) is 12.5 Å². The van der Waals surface area contributed by atoms with Crippen molar-refractivity contribution >= 4 is 86.2 Å². The Bertz CT molecular complexity index is 3440. The van der Waals surface area contributed by atoms with Gasteiger partial charge >= 0.3 is 0 Å². The van der Waals surface area contributed by atoms with Crippen LogP contribution in [0.25, 0.3) is 16.8 Å². The molecule has 4 aromatic carbocycles. The lowest BCUT2D eigenvalue weighted by molar-refractivity contribution is 0.101. The van der Waals surface area contributed by atoms with Gasteiger partial charge in [0.15, 0.2) is 22.6 Å². The maximum absolute atomic E-state index is 13.0. The minimum absolute atomic E-state index is 0.193. The standard InChI is InChI=1S/C34H42N8O.C33H41N9O/c1-7-23(4)36-25-13-11-24(12-14-25)34(43)39-28-10-8-9-27(19-28)38-32-20-31(37-26-15-17-29(18-16-26)41(5)6)40-33-30(22(2)3)21-35-42(32)33;1-7-22(4)35-24-13-11-23(12-14-24)32(43)37-27-10-8-9-26(19-27)36-30-29-31(42(20-34-29)21(2)3)40-33(39-30)38-25-15-17-28(18-16-25)41(5)6/h7-14,19-22,26,29,36,38H,1,4,15-18H2,2-3,5-6H3,(H,37,40)(H,39,43);7-14,19-21,25,28,35H,1,4,15-18H2,2-3,5-6H3,(H,37,43)(H2,36,38,39,40). The molecule has 0 aliphatic heterocycles. The zero-order chi connectivity index (χ0) is 61.0. The van der Waals surface area contributed by atoms with Crippen LogP contribution in [0.2, 0.25) is 0 Å². The van der Waals surface area contributed by atoms with Gasteiger partial charge in [0.25, 0.3) is 11.8 Å². The lowest BCUT2D eigenvalue weighted by Gasteiger charge is -2.33. The van der Waals surface area contributed by atoms with Crippen LogP contribution >= 0.6 is 0 Å². The summed E-state index contributed by atoms with van der Waals surface area (Å²) in [5.41, 5.74) is 10.5. The number of nitrogens with one attached hydrogen (secondary N) is 8. The lowest BCUT2D eigenvalue weighted by Crippen LogP contribution is -2.36. The highest BCUT2D eigenvalue weighted by Gasteiger charge is 2.26. The van der Waals surface area contributed by atoms with Gasteiger partial charge in [0.1, 0.15) is 11.6 Å². The summed E-state index contributed by atoms with van der Waals surface area (Å²) < 4.78 is 3.91. The number of aromatic nitrogens is 7. The lowest BCUT2D eigenvalue weighted by atomic mass is 9.90. The predicted molar refractivity (Wildman–Crippen MR) is 354 cm³/mol. The van der Waals surface area contributed by atoms with Gasteiger partial charge in [-0.1, -0.05) is 52.3 Å². The average molecular weight is 1160 g/mol. The van der Waals surface area contributed by atoms with Gasteiger partial charge in [0, 0.05) is 98.5 Å². The maximum Gasteiger partial charge on any atom is 0.255 e. The number of hydrogen-bond donors (Lipinski definition) is 8. The predicted octanol–water partition coefficient (Wildman–Crippen LogP) is 14.0. The van der Waals surface area contributed by atoms with E-state index in [0.29, 0.717) is 75.3 Å². The molecule has 2 aliphatic carbocycles. The fourth-order valence-electron chi connectivity index (χ4n) is 10.8. The first-order chi connectivity index (χ1) is 41.4. The Hall–Kier alpha value is -9.33. The number of allylic oxidation sites excluding steroid dienone is 2. The van der Waals surface area contributed by atoms with Crippen molar-refractivity contribution in [2.24, 2.45) is 0 Å². The minimum Gasteiger partial charge on any atom is -0.367 e. The summed E-state index contributed by atoms with van der Waals surface area (Å²) in [4.78, 5) is 50.0. The molecule has 8 N–H and O–H groups in total. The van der Waals surface area contributed by atoms with E-state index in [9.17, 15) is 9.59 Å². The first-order valence-electron chi connectivity index (χ1n) is 29.6. The van der Waals surface area contributed by atoms with Crippen LogP contribution < -0.4 is 42.5 Å². The highest BCUT2D eigenvalue weighted by atomic mass is 16.2. The molecule has 448 valence electrons. The Balaban J connectivity index is 0.000000205. The summed E-state index contributed by atoms with van der Waals surface area (Å²) in [6, 6.07) is 33.8. The van der Waals surface area contributed by atoms with Gasteiger partial charge in [-0.15, -0.1) is 0 Å². The SMILES string of the molecule is C=CC(=C)Nc1ccc(C(=O)Nc2cccc(Nc3cc(NC4CCC(N(C)C)CC4)nc4c(C(C)C)cnn34)c2)cc1.C=CC(=C)Nc1ccc(C(=O)Nc2cccc(Nc3nc(NC4CCC(N(C)C)CC4)nc4c3ncn4C(C)C)c2)cc1. The van der Waals surface area contributed by atoms with Gasteiger partial charge in [-0.3, -0.25) is 9.59 Å². The molecule has 0 spiro atoms. The Labute approximate surface area is 505 Å². The van der Waals surface area contributed by atoms with Crippen LogP contribution in [-0.2, 0) is 0 Å². The minimum atomic E-state index is -0.207. The number of amides is 2. The molecular weight excluding hydrogens is 1070 g/mol. The molecule has 0 unspecified atom stereocenters. The second-order valence-electron chi connectivity index (χ2n) is 23.2. The third kappa shape index (κ3) is 15.7. The number of benzene rings is 4. The number of carbonyl (C=O) groups excluding carboxylic acids is 2. The van der Waals surface area contributed by atoms with Crippen LogP contribution in [0.5, 0.6) is 0 Å². The van der Waals surface area contributed by atoms with Gasteiger partial charge in [-0.05, 0) is 196 Å². The van der Waals surface area contributed by atoms with E-state index in [1.54, 1.807) is 36.4 Å². The second-order valence-corrected chi connectivity index (χ2v) is 23.2. The molecule has 19 nitrogen and oxygen atoms in total. The number of anilines is 10. The van der Waals surface area contributed by atoms with E-state index in [0.717, 1.165) is 89.8 Å². The highest BCUT2D eigenvalue weighted by molar-refractivity contribution is 6.05. The fourth-order valence-corrected chi connectivity index (χ4v) is 10.8. The zero-order valence-electron chi connectivity index (χ0n) is 50.9. The van der Waals surface area contributed by atoms with Crippen molar-refractivity contribution in [3.05, 3.63) is 182 Å². The Morgan fingerprint density at radius 1 is 0.581 bits per heavy atom. The molecule has 4 aromatic heterocycles. The number of carbonyl (C=O) groups is 2. The third-order valence-corrected chi connectivity index (χ3v) is 15.8. The molecular formula is C67H83N17O2. The average Bonchev–Trinajstić information content (AvgIpc) is 4.05. The Morgan fingerprint density at radius 2 is 1.08 bits per heavy atom. The smallest absolute Gasteiger partial charge is 0.255 e. The van der Waals surface area contributed by atoms with Crippen molar-refractivity contribution in [3.63, 3.8) is 0 Å². The van der Waals surface area contributed by atoms with E-state index in [2.05, 4.69) is 149 Å². The number of fused-ring (bicyclic) bond motifs is 2. The van der Waals surface area contributed by atoms with E-state index < -0.39 is 0 Å². The number of nitrogens with zero attached hydrogens (tertiary/aromatic N) is 9. The first-order valence-corrected chi connectivity index (χ1v) is 29.6. The molecule has 0 radical (unpaired) electrons. The largest absolute Gasteiger partial charge is 0.367 e. The Kier molecular flexibility index (Phi) is 20.0. The molecule has 2 saturated carbocycles. The summed E-state index contributed by atoms with van der Waals surface area (Å²) in [6.45, 7) is 23.6. The van der Waals surface area contributed by atoms with Crippen molar-refractivity contribution in [3.8, 4) is 0 Å². The fraction of sp³-hybridized carbons (Fsp3) is 0.328. The molecule has 0 saturated heterocycles. The van der Waals surface area contributed by atoms with Crippen LogP contribution in [0, 0.1) is 0 Å². The van der Waals surface area contributed by atoms with Gasteiger partial charge in [-0.25, -0.2) is 9.97 Å². The van der Waals surface area contributed by atoms with Crippen LogP contribution in [0.3, 0.4) is 0 Å². The quantitative estimate of drug-likeness (QED) is 0.0297. The molecule has 2 amide bonds. The maximum atomic E-state index is 13.0. The van der Waals surface area contributed by atoms with Crippen molar-refractivity contribution in [2.45, 2.75) is 115 Å². The summed E-state index contributed by atoms with van der Waals surface area (Å²) in [5, 5.41) is 31.2. The summed E-state index contributed by atoms with van der Waals surface area (Å²) in [5.74, 6) is 2.72. The van der Waals surface area contributed by atoms with E-state index in [1.807, 2.05) is 95.9 Å². The molecule has 86 heavy (non-hydrogen) atoms. The number of hydrogen-bond acceptors (Lipinski definition) is 15. The van der Waals surface area contributed by atoms with Crippen LogP contribution in [-0.4, -0.2) is 108 Å². The highest BCUT2D eigenvalue weighted by Crippen LogP contribution is 2.32. The summed E-state index contributed by atoms with van der Waals surface area (Å²) >= 11 is 0. The van der Waals surface area contributed by atoms with Crippen molar-refractivity contribution in [1.82, 2.24) is 43.9 Å². The molecule has 19 heteroatoms. The van der Waals surface area contributed by atoms with Crippen LogP contribution in [0.15, 0.2) is 166 Å². The van der Waals surface area contributed by atoms with E-state index in [1.165, 1.54) is 12.8 Å². The van der Waals surface area contributed by atoms with E-state index in [4.69, 9.17) is 15.0 Å². The molecule has 0 atom stereocenters. The second kappa shape index (κ2) is 28.0. The first kappa shape index (κ1) is 61.2. The van der Waals surface area contributed by atoms with Crippen molar-refractivity contribution < 1.29 is 9.59 Å². The summed E-state index contributed by atoms with van der Waals surface area (Å²) in [7, 11) is 8.63. The molecule has 2 fully saturated rings. The molecule has 0 bridgehead atoms. The normalized spacial score (nSPS) is 16.7. The topological polar surface area (TPSA) is 211 Å². The Morgan fingerprint density at radius 3 is 1.57 bits per heavy atom. The van der Waals surface area contributed by atoms with Crippen LogP contribution in [0.1, 0.15) is 117 Å². The van der Waals surface area contributed by atoms with Gasteiger partial charge in [-0.2, -0.15) is 19.6 Å². The number of rotatable bonds is 22. The molecule has 8 aromatic rings. The van der Waals surface area contributed by atoms with Crippen LogP contribution in [0.4, 0.5) is 57.5 Å². The molecule has 10 rings (SSSR count). The molecule has 4 heterocycles. The van der Waals surface area contributed by atoms with Gasteiger partial charge in [0.2, 0.25) is 5.95 Å². The van der Waals surface area contributed by atoms with Gasteiger partial charge < -0.3 is 56.9 Å². The van der Waals surface area contributed by atoms with E-state index >= 15 is 0 Å². The van der Waals surface area contributed by atoms with Crippen molar-refractivity contribution in [2.75, 3.05) is 70.7 Å². The zero-order valence-corrected chi connectivity index (χ0v) is 50.9. The number of imidazole rings is 1. The monoisotopic (exact) mass is 1160 g/mol. The summed E-state index contributed by atoms with van der Waals surface area (Å²) in [6.07, 6.45) is 16.0. The van der Waals surface area contributed by atoms with E-state index in [-0.39, 0.29) is 23.8 Å². The third-order valence-electron chi connectivity index (χ3n) is 15.8. The molecule has 2 aliphatic rings. The van der Waals surface area contributed by atoms with Crippen molar-refractivity contribution in [1.29, 1.82) is 0 Å².